The zero-order valence-corrected chi connectivity index (χ0v) is 13.5. The predicted octanol–water partition coefficient (Wildman–Crippen LogP) is 1.46. The average Bonchev–Trinajstić information content (AvgIpc) is 2.41. The SMILES string of the molecule is CC(C)CCCC(=O)N(O)C(=O)NCC(C)C(=O)N(C)C. The number of nitrogens with zero attached hydrogens (tertiary/aromatic N) is 2. The van der Waals surface area contributed by atoms with Gasteiger partial charge in [0.05, 0.1) is 5.92 Å². The molecule has 0 aromatic rings. The fourth-order valence-electron chi connectivity index (χ4n) is 1.72. The number of hydrogen-bond donors (Lipinski definition) is 2. The number of urea groups is 1. The first-order chi connectivity index (χ1) is 9.66. The van der Waals surface area contributed by atoms with Gasteiger partial charge in [-0.15, -0.1) is 5.06 Å². The molecule has 0 aromatic heterocycles. The molecule has 0 saturated carbocycles. The van der Waals surface area contributed by atoms with E-state index in [4.69, 9.17) is 0 Å². The van der Waals surface area contributed by atoms with Gasteiger partial charge in [-0.05, 0) is 12.3 Å². The summed E-state index contributed by atoms with van der Waals surface area (Å²) in [5.41, 5.74) is 0. The lowest BCUT2D eigenvalue weighted by Crippen LogP contribution is -2.44. The third-order valence-corrected chi connectivity index (χ3v) is 3.02. The fourth-order valence-corrected chi connectivity index (χ4v) is 1.72. The van der Waals surface area contributed by atoms with Crippen molar-refractivity contribution in [2.75, 3.05) is 20.6 Å². The normalized spacial score (nSPS) is 12.0. The van der Waals surface area contributed by atoms with Crippen LogP contribution in [0.15, 0.2) is 0 Å². The number of carbonyl (C=O) groups excluding carboxylic acids is 3. The minimum Gasteiger partial charge on any atom is -0.349 e. The van der Waals surface area contributed by atoms with E-state index < -0.39 is 17.9 Å². The Kier molecular flexibility index (Phi) is 8.61. The molecule has 2 N–H and O–H groups in total. The maximum absolute atomic E-state index is 11.6. The van der Waals surface area contributed by atoms with Gasteiger partial charge in [0.1, 0.15) is 0 Å². The molecule has 0 bridgehead atoms. The van der Waals surface area contributed by atoms with Gasteiger partial charge in [0, 0.05) is 27.1 Å². The lowest BCUT2D eigenvalue weighted by atomic mass is 10.1. The Morgan fingerprint density at radius 2 is 1.71 bits per heavy atom. The van der Waals surface area contributed by atoms with E-state index in [9.17, 15) is 19.6 Å². The molecule has 0 aliphatic heterocycles. The van der Waals surface area contributed by atoms with Crippen LogP contribution in [0.1, 0.15) is 40.0 Å². The smallest absolute Gasteiger partial charge is 0.348 e. The molecule has 0 fully saturated rings. The number of hydroxylamine groups is 2. The van der Waals surface area contributed by atoms with E-state index in [1.807, 2.05) is 13.8 Å². The second-order valence-electron chi connectivity index (χ2n) is 5.81. The van der Waals surface area contributed by atoms with Crippen LogP contribution in [0, 0.1) is 11.8 Å². The molecule has 0 radical (unpaired) electrons. The van der Waals surface area contributed by atoms with Crippen LogP contribution >= 0.6 is 0 Å². The van der Waals surface area contributed by atoms with Crippen LogP contribution in [0.3, 0.4) is 0 Å². The van der Waals surface area contributed by atoms with Crippen LogP contribution in [-0.4, -0.2) is 53.7 Å². The van der Waals surface area contributed by atoms with E-state index in [1.165, 1.54) is 4.90 Å². The lowest BCUT2D eigenvalue weighted by Gasteiger charge is -2.19. The molecule has 0 aliphatic carbocycles. The molecule has 0 aromatic carbocycles. The number of imide groups is 1. The maximum Gasteiger partial charge on any atom is 0.348 e. The molecule has 0 aliphatic rings. The fraction of sp³-hybridized carbons (Fsp3) is 0.786. The molecule has 1 unspecified atom stereocenters. The third kappa shape index (κ3) is 7.65. The van der Waals surface area contributed by atoms with Gasteiger partial charge in [-0.3, -0.25) is 14.8 Å². The van der Waals surface area contributed by atoms with Crippen molar-refractivity contribution < 1.29 is 19.6 Å². The predicted molar refractivity (Wildman–Crippen MR) is 78.6 cm³/mol. The highest BCUT2D eigenvalue weighted by molar-refractivity contribution is 5.93. The summed E-state index contributed by atoms with van der Waals surface area (Å²) >= 11 is 0. The monoisotopic (exact) mass is 301 g/mol. The summed E-state index contributed by atoms with van der Waals surface area (Å²) in [6, 6.07) is -0.900. The zero-order chi connectivity index (χ0) is 16.6. The summed E-state index contributed by atoms with van der Waals surface area (Å²) < 4.78 is 0. The molecule has 122 valence electrons. The first-order valence-electron chi connectivity index (χ1n) is 7.17. The van der Waals surface area contributed by atoms with Crippen LogP contribution < -0.4 is 5.32 Å². The average molecular weight is 301 g/mol. The molecule has 4 amide bonds. The molecule has 1 atom stereocenters. The second-order valence-corrected chi connectivity index (χ2v) is 5.81. The first kappa shape index (κ1) is 19.4. The molecule has 0 heterocycles. The molecule has 7 nitrogen and oxygen atoms in total. The topological polar surface area (TPSA) is 90.0 Å². The Labute approximate surface area is 126 Å². The van der Waals surface area contributed by atoms with Crippen LogP contribution in [0.25, 0.3) is 0 Å². The van der Waals surface area contributed by atoms with E-state index in [-0.39, 0.29) is 23.9 Å². The lowest BCUT2D eigenvalue weighted by molar-refractivity contribution is -0.152. The van der Waals surface area contributed by atoms with Crippen LogP contribution in [0.5, 0.6) is 0 Å². The minimum atomic E-state index is -0.900. The molecule has 0 saturated heterocycles. The number of carbonyl (C=O) groups is 3. The largest absolute Gasteiger partial charge is 0.349 e. The van der Waals surface area contributed by atoms with E-state index >= 15 is 0 Å². The van der Waals surface area contributed by atoms with Gasteiger partial charge in [0.25, 0.3) is 5.91 Å². The maximum atomic E-state index is 11.6. The second kappa shape index (κ2) is 9.33. The molecule has 0 rings (SSSR count). The van der Waals surface area contributed by atoms with Gasteiger partial charge < -0.3 is 10.2 Å². The van der Waals surface area contributed by atoms with E-state index in [1.54, 1.807) is 21.0 Å². The van der Waals surface area contributed by atoms with Crippen molar-refractivity contribution >= 4 is 17.8 Å². The van der Waals surface area contributed by atoms with Crippen molar-refractivity contribution in [2.45, 2.75) is 40.0 Å². The van der Waals surface area contributed by atoms with Crippen molar-refractivity contribution in [1.29, 1.82) is 0 Å². The number of rotatable bonds is 7. The highest BCUT2D eigenvalue weighted by Gasteiger charge is 2.21. The van der Waals surface area contributed by atoms with Crippen molar-refractivity contribution in [3.8, 4) is 0 Å². The Morgan fingerprint density at radius 3 is 2.19 bits per heavy atom. The third-order valence-electron chi connectivity index (χ3n) is 3.02. The standard InChI is InChI=1S/C14H27N3O4/c1-10(2)7-6-8-12(18)17(21)14(20)15-9-11(3)13(19)16(4)5/h10-11,21H,6-9H2,1-5H3,(H,15,20). The Balaban J connectivity index is 4.15. The number of nitrogens with one attached hydrogen (secondary N) is 1. The molecule has 0 spiro atoms. The zero-order valence-electron chi connectivity index (χ0n) is 13.5. The minimum absolute atomic E-state index is 0.0617. The Bertz CT molecular complexity index is 369. The van der Waals surface area contributed by atoms with Gasteiger partial charge in [0.15, 0.2) is 0 Å². The van der Waals surface area contributed by atoms with E-state index in [0.717, 1.165) is 6.42 Å². The summed E-state index contributed by atoms with van der Waals surface area (Å²) in [7, 11) is 3.24. The highest BCUT2D eigenvalue weighted by atomic mass is 16.5. The number of hydrogen-bond acceptors (Lipinski definition) is 4. The molecular weight excluding hydrogens is 274 g/mol. The van der Waals surface area contributed by atoms with Crippen molar-refractivity contribution in [3.05, 3.63) is 0 Å². The summed E-state index contributed by atoms with van der Waals surface area (Å²) in [6.07, 6.45) is 1.60. The van der Waals surface area contributed by atoms with Crippen molar-refractivity contribution in [1.82, 2.24) is 15.3 Å². The quantitative estimate of drug-likeness (QED) is 0.550. The van der Waals surface area contributed by atoms with Gasteiger partial charge in [-0.1, -0.05) is 27.2 Å². The van der Waals surface area contributed by atoms with Gasteiger partial charge in [-0.25, -0.2) is 4.79 Å². The van der Waals surface area contributed by atoms with Crippen molar-refractivity contribution in [3.63, 3.8) is 0 Å². The van der Waals surface area contributed by atoms with Crippen LogP contribution in [0.4, 0.5) is 4.79 Å². The highest BCUT2D eigenvalue weighted by Crippen LogP contribution is 2.07. The Hall–Kier alpha value is -1.63. The van der Waals surface area contributed by atoms with Crippen LogP contribution in [-0.2, 0) is 9.59 Å². The van der Waals surface area contributed by atoms with Gasteiger partial charge in [0.2, 0.25) is 5.91 Å². The van der Waals surface area contributed by atoms with Gasteiger partial charge >= 0.3 is 6.03 Å². The summed E-state index contributed by atoms with van der Waals surface area (Å²) in [5, 5.41) is 11.9. The summed E-state index contributed by atoms with van der Waals surface area (Å²) in [6.45, 7) is 5.80. The van der Waals surface area contributed by atoms with E-state index in [0.29, 0.717) is 12.3 Å². The summed E-state index contributed by atoms with van der Waals surface area (Å²) in [4.78, 5) is 36.2. The van der Waals surface area contributed by atoms with Gasteiger partial charge in [-0.2, -0.15) is 0 Å². The summed E-state index contributed by atoms with van der Waals surface area (Å²) in [5.74, 6) is -0.729. The van der Waals surface area contributed by atoms with Crippen molar-refractivity contribution in [2.24, 2.45) is 11.8 Å². The Morgan fingerprint density at radius 1 is 1.14 bits per heavy atom. The van der Waals surface area contributed by atoms with E-state index in [2.05, 4.69) is 5.32 Å². The molecule has 7 heteroatoms. The molecular formula is C14H27N3O4. The number of amides is 4. The van der Waals surface area contributed by atoms with Crippen LogP contribution in [0.2, 0.25) is 0 Å². The first-order valence-corrected chi connectivity index (χ1v) is 7.17. The molecule has 21 heavy (non-hydrogen) atoms.